The topological polar surface area (TPSA) is 39.1 Å². The van der Waals surface area contributed by atoms with E-state index in [-0.39, 0.29) is 0 Å². The molecule has 2 aromatic rings. The van der Waals surface area contributed by atoms with Gasteiger partial charge in [-0.05, 0) is 25.0 Å². The van der Waals surface area contributed by atoms with Crippen molar-refractivity contribution in [3.63, 3.8) is 0 Å². The van der Waals surface area contributed by atoms with Gasteiger partial charge in [-0.2, -0.15) is 0 Å². The third-order valence-electron chi connectivity index (χ3n) is 3.91. The highest BCUT2D eigenvalue weighted by molar-refractivity contribution is 9.10. The molecule has 112 valence electrons. The molecular weight excluding hydrogens is 330 g/mol. The number of benzene rings is 1. The van der Waals surface area contributed by atoms with Gasteiger partial charge in [0.05, 0.1) is 6.61 Å². The van der Waals surface area contributed by atoms with E-state index < -0.39 is 0 Å². The smallest absolute Gasteiger partial charge is 0.125 e. The van der Waals surface area contributed by atoms with Crippen molar-refractivity contribution in [1.29, 1.82) is 0 Å². The van der Waals surface area contributed by atoms with E-state index in [1.807, 2.05) is 19.4 Å². The van der Waals surface area contributed by atoms with E-state index in [0.717, 1.165) is 48.5 Å². The second-order valence-corrected chi connectivity index (χ2v) is 6.30. The largest absolute Gasteiger partial charge is 0.493 e. The third-order valence-corrected chi connectivity index (χ3v) is 4.40. The molecule has 0 spiro atoms. The van der Waals surface area contributed by atoms with Gasteiger partial charge in [0.1, 0.15) is 11.6 Å². The van der Waals surface area contributed by atoms with E-state index in [1.165, 1.54) is 5.56 Å². The number of imidazole rings is 1. The maximum atomic E-state index is 5.84. The highest BCUT2D eigenvalue weighted by atomic mass is 79.9. The molecule has 4 nitrogen and oxygen atoms in total. The predicted octanol–water partition coefficient (Wildman–Crippen LogP) is 3.23. The number of aromatic nitrogens is 2. The lowest BCUT2D eigenvalue weighted by Crippen LogP contribution is -2.24. The Hall–Kier alpha value is -1.33. The SMILES string of the molecule is Cn1ccnc1CCNC1CCCOc2cc(Br)ccc21. The molecule has 0 radical (unpaired) electrons. The number of hydrogen-bond acceptors (Lipinski definition) is 3. The summed E-state index contributed by atoms with van der Waals surface area (Å²) in [5.41, 5.74) is 1.26. The molecule has 0 fully saturated rings. The number of nitrogens with one attached hydrogen (secondary N) is 1. The van der Waals surface area contributed by atoms with Crippen LogP contribution in [0.5, 0.6) is 5.75 Å². The van der Waals surface area contributed by atoms with Crippen molar-refractivity contribution in [2.45, 2.75) is 25.3 Å². The summed E-state index contributed by atoms with van der Waals surface area (Å²) < 4.78 is 8.98. The molecule has 5 heteroatoms. The van der Waals surface area contributed by atoms with Crippen LogP contribution >= 0.6 is 15.9 Å². The van der Waals surface area contributed by atoms with Gasteiger partial charge >= 0.3 is 0 Å². The molecule has 21 heavy (non-hydrogen) atoms. The predicted molar refractivity (Wildman–Crippen MR) is 86.5 cm³/mol. The maximum absolute atomic E-state index is 5.84. The number of halogens is 1. The number of hydrogen-bond donors (Lipinski definition) is 1. The second kappa shape index (κ2) is 6.62. The van der Waals surface area contributed by atoms with Crippen LogP contribution in [0.1, 0.15) is 30.3 Å². The van der Waals surface area contributed by atoms with Crippen LogP contribution in [0.4, 0.5) is 0 Å². The normalized spacial score (nSPS) is 17.9. The first-order chi connectivity index (χ1) is 10.2. The Morgan fingerprint density at radius 3 is 3.19 bits per heavy atom. The summed E-state index contributed by atoms with van der Waals surface area (Å²) in [5, 5.41) is 3.65. The molecule has 3 rings (SSSR count). The molecule has 1 aliphatic rings. The van der Waals surface area contributed by atoms with Crippen molar-refractivity contribution in [3.8, 4) is 5.75 Å². The second-order valence-electron chi connectivity index (χ2n) is 5.38. The first-order valence-electron chi connectivity index (χ1n) is 7.36. The molecule has 2 heterocycles. The molecule has 1 N–H and O–H groups in total. The Labute approximate surface area is 133 Å². The van der Waals surface area contributed by atoms with Crippen LogP contribution < -0.4 is 10.1 Å². The maximum Gasteiger partial charge on any atom is 0.125 e. The van der Waals surface area contributed by atoms with Gasteiger partial charge in [-0.3, -0.25) is 0 Å². The van der Waals surface area contributed by atoms with E-state index in [4.69, 9.17) is 4.74 Å². The van der Waals surface area contributed by atoms with Crippen LogP contribution in [0, 0.1) is 0 Å². The summed E-state index contributed by atoms with van der Waals surface area (Å²) in [5.74, 6) is 2.11. The quantitative estimate of drug-likeness (QED) is 0.920. The standard InChI is InChI=1S/C16H20BrN3O/c1-20-9-8-19-16(20)6-7-18-14-3-2-10-21-15-11-12(17)4-5-13(14)15/h4-5,8-9,11,14,18H,2-3,6-7,10H2,1H3. The van der Waals surface area contributed by atoms with Gasteiger partial charge in [-0.25, -0.2) is 4.98 Å². The molecule has 1 aliphatic heterocycles. The number of rotatable bonds is 4. The lowest BCUT2D eigenvalue weighted by Gasteiger charge is -2.18. The molecule has 0 amide bonds. The zero-order valence-corrected chi connectivity index (χ0v) is 13.8. The Morgan fingerprint density at radius 1 is 1.48 bits per heavy atom. The zero-order valence-electron chi connectivity index (χ0n) is 12.2. The molecule has 1 aromatic heterocycles. The fraction of sp³-hybridized carbons (Fsp3) is 0.438. The van der Waals surface area contributed by atoms with Crippen LogP contribution in [0.3, 0.4) is 0 Å². The lowest BCUT2D eigenvalue weighted by molar-refractivity contribution is 0.315. The average molecular weight is 350 g/mol. The summed E-state index contributed by atoms with van der Waals surface area (Å²) in [6.45, 7) is 1.71. The minimum Gasteiger partial charge on any atom is -0.493 e. The highest BCUT2D eigenvalue weighted by Crippen LogP contribution is 2.33. The third kappa shape index (κ3) is 3.47. The van der Waals surface area contributed by atoms with Crippen LogP contribution in [0.25, 0.3) is 0 Å². The summed E-state index contributed by atoms with van der Waals surface area (Å²) in [6, 6.07) is 6.66. The molecule has 1 atom stereocenters. The van der Waals surface area contributed by atoms with E-state index >= 15 is 0 Å². The van der Waals surface area contributed by atoms with Crippen molar-refractivity contribution in [2.75, 3.05) is 13.2 Å². The Bertz CT molecular complexity index is 611. The summed E-state index contributed by atoms with van der Waals surface area (Å²) in [4.78, 5) is 4.36. The van der Waals surface area contributed by atoms with E-state index in [2.05, 4.69) is 49.0 Å². The lowest BCUT2D eigenvalue weighted by atomic mass is 10.0. The summed E-state index contributed by atoms with van der Waals surface area (Å²) >= 11 is 3.51. The van der Waals surface area contributed by atoms with Crippen molar-refractivity contribution in [2.24, 2.45) is 7.05 Å². The van der Waals surface area contributed by atoms with Gasteiger partial charge in [0.15, 0.2) is 0 Å². The van der Waals surface area contributed by atoms with Crippen molar-refractivity contribution in [3.05, 3.63) is 46.5 Å². The molecule has 1 aromatic carbocycles. The fourth-order valence-electron chi connectivity index (χ4n) is 2.75. The number of nitrogens with zero attached hydrogens (tertiary/aromatic N) is 2. The highest BCUT2D eigenvalue weighted by Gasteiger charge is 2.19. The van der Waals surface area contributed by atoms with Gasteiger partial charge in [0, 0.05) is 48.5 Å². The van der Waals surface area contributed by atoms with Crippen molar-refractivity contribution >= 4 is 15.9 Å². The summed E-state index contributed by atoms with van der Waals surface area (Å²) in [7, 11) is 2.04. The fourth-order valence-corrected chi connectivity index (χ4v) is 3.09. The van der Waals surface area contributed by atoms with E-state index in [9.17, 15) is 0 Å². The van der Waals surface area contributed by atoms with Crippen molar-refractivity contribution < 1.29 is 4.74 Å². The molecule has 0 saturated carbocycles. The first kappa shape index (κ1) is 14.6. The van der Waals surface area contributed by atoms with Crippen LogP contribution in [0.15, 0.2) is 35.1 Å². The monoisotopic (exact) mass is 349 g/mol. The number of fused-ring (bicyclic) bond motifs is 1. The van der Waals surface area contributed by atoms with Gasteiger partial charge < -0.3 is 14.6 Å². The van der Waals surface area contributed by atoms with Crippen LogP contribution in [-0.2, 0) is 13.5 Å². The minimum absolute atomic E-state index is 0.357. The Kier molecular flexibility index (Phi) is 4.60. The summed E-state index contributed by atoms with van der Waals surface area (Å²) in [6.07, 6.45) is 6.96. The van der Waals surface area contributed by atoms with Gasteiger partial charge in [0.25, 0.3) is 0 Å². The van der Waals surface area contributed by atoms with Crippen LogP contribution in [0.2, 0.25) is 0 Å². The zero-order chi connectivity index (χ0) is 14.7. The van der Waals surface area contributed by atoms with Gasteiger partial charge in [0.2, 0.25) is 0 Å². The molecular formula is C16H20BrN3O. The minimum atomic E-state index is 0.357. The Morgan fingerprint density at radius 2 is 2.38 bits per heavy atom. The molecule has 0 bridgehead atoms. The number of aryl methyl sites for hydroxylation is 1. The van der Waals surface area contributed by atoms with E-state index in [1.54, 1.807) is 0 Å². The molecule has 0 aliphatic carbocycles. The first-order valence-corrected chi connectivity index (χ1v) is 8.15. The van der Waals surface area contributed by atoms with Gasteiger partial charge in [-0.15, -0.1) is 0 Å². The van der Waals surface area contributed by atoms with Crippen LogP contribution in [-0.4, -0.2) is 22.7 Å². The van der Waals surface area contributed by atoms with E-state index in [0.29, 0.717) is 6.04 Å². The average Bonchev–Trinajstić information content (AvgIpc) is 2.77. The molecule has 0 saturated heterocycles. The van der Waals surface area contributed by atoms with Gasteiger partial charge in [-0.1, -0.05) is 22.0 Å². The Balaban J connectivity index is 1.67. The number of ether oxygens (including phenoxy) is 1. The van der Waals surface area contributed by atoms with Crippen molar-refractivity contribution in [1.82, 2.24) is 14.9 Å². The molecule has 1 unspecified atom stereocenters.